The van der Waals surface area contributed by atoms with Crippen molar-refractivity contribution in [2.75, 3.05) is 20.2 Å². The lowest BCUT2D eigenvalue weighted by Gasteiger charge is -2.19. The fraction of sp³-hybridized carbons (Fsp3) is 0.538. The first-order valence-corrected chi connectivity index (χ1v) is 6.96. The van der Waals surface area contributed by atoms with Gasteiger partial charge in [-0.1, -0.05) is 15.9 Å². The first kappa shape index (κ1) is 15.6. The van der Waals surface area contributed by atoms with Crippen molar-refractivity contribution in [3.8, 4) is 5.75 Å². The maximum absolute atomic E-state index is 12.4. The molecule has 1 heterocycles. The zero-order chi connectivity index (χ0) is 14.8. The molecule has 1 aliphatic heterocycles. The molecule has 1 aliphatic rings. The highest BCUT2D eigenvalue weighted by Gasteiger charge is 2.32. The number of ether oxygens (including phenoxy) is 2. The average Bonchev–Trinajstić information content (AvgIpc) is 2.79. The van der Waals surface area contributed by atoms with Crippen LogP contribution in [-0.2, 0) is 11.3 Å². The van der Waals surface area contributed by atoms with E-state index in [2.05, 4.69) is 25.6 Å². The zero-order valence-electron chi connectivity index (χ0n) is 10.9. The highest BCUT2D eigenvalue weighted by molar-refractivity contribution is 9.10. The van der Waals surface area contributed by atoms with Crippen molar-refractivity contribution in [3.63, 3.8) is 0 Å². The number of methoxy groups -OCH3 is 1. The summed E-state index contributed by atoms with van der Waals surface area (Å²) in [5.41, 5.74) is 0.508. The van der Waals surface area contributed by atoms with Gasteiger partial charge in [0, 0.05) is 36.8 Å². The molecule has 0 aromatic heterocycles. The fourth-order valence-electron chi connectivity index (χ4n) is 2.27. The van der Waals surface area contributed by atoms with E-state index in [1.807, 2.05) is 0 Å². The van der Waals surface area contributed by atoms with Crippen molar-refractivity contribution in [1.82, 2.24) is 4.90 Å². The Morgan fingerprint density at radius 2 is 2.15 bits per heavy atom. The van der Waals surface area contributed by atoms with E-state index in [9.17, 15) is 13.2 Å². The Labute approximate surface area is 123 Å². The number of hydrogen-bond acceptors (Lipinski definition) is 3. The number of nitrogens with zero attached hydrogens (tertiary/aromatic N) is 1. The summed E-state index contributed by atoms with van der Waals surface area (Å²) in [4.78, 5) is 2.05. The predicted molar refractivity (Wildman–Crippen MR) is 71.5 cm³/mol. The van der Waals surface area contributed by atoms with E-state index in [1.54, 1.807) is 13.2 Å². The van der Waals surface area contributed by atoms with Gasteiger partial charge < -0.3 is 9.47 Å². The van der Waals surface area contributed by atoms with Crippen molar-refractivity contribution < 1.29 is 22.6 Å². The molecule has 20 heavy (non-hydrogen) atoms. The molecule has 3 nitrogen and oxygen atoms in total. The summed E-state index contributed by atoms with van der Waals surface area (Å²) in [6.07, 6.45) is -3.64. The lowest BCUT2D eigenvalue weighted by molar-refractivity contribution is -0.275. The Morgan fingerprint density at radius 3 is 2.75 bits per heavy atom. The van der Waals surface area contributed by atoms with E-state index in [0.29, 0.717) is 18.7 Å². The van der Waals surface area contributed by atoms with Crippen molar-refractivity contribution >= 4 is 15.9 Å². The van der Waals surface area contributed by atoms with Gasteiger partial charge in [-0.05, 0) is 24.6 Å². The van der Waals surface area contributed by atoms with E-state index in [1.165, 1.54) is 12.1 Å². The van der Waals surface area contributed by atoms with Crippen LogP contribution < -0.4 is 4.74 Å². The maximum atomic E-state index is 12.4. The second-order valence-electron chi connectivity index (χ2n) is 4.68. The molecular formula is C13H15BrF3NO2. The number of hydrogen-bond donors (Lipinski definition) is 0. The molecule has 1 aromatic rings. The molecule has 112 valence electrons. The van der Waals surface area contributed by atoms with Crippen LogP contribution in [0.25, 0.3) is 0 Å². The first-order valence-electron chi connectivity index (χ1n) is 6.16. The van der Waals surface area contributed by atoms with Gasteiger partial charge in [0.15, 0.2) is 0 Å². The first-order chi connectivity index (χ1) is 9.37. The van der Waals surface area contributed by atoms with Gasteiger partial charge in [-0.15, -0.1) is 13.2 Å². The fourth-order valence-corrected chi connectivity index (χ4v) is 2.68. The Balaban J connectivity index is 2.11. The molecule has 1 atom stereocenters. The summed E-state index contributed by atoms with van der Waals surface area (Å²) in [6.45, 7) is 1.93. The van der Waals surface area contributed by atoms with E-state index in [4.69, 9.17) is 4.74 Å². The van der Waals surface area contributed by atoms with Gasteiger partial charge in [0.1, 0.15) is 5.75 Å². The lowest BCUT2D eigenvalue weighted by Crippen LogP contribution is -2.24. The van der Waals surface area contributed by atoms with Crippen LogP contribution in [-0.4, -0.2) is 37.6 Å². The summed E-state index contributed by atoms with van der Waals surface area (Å²) in [5, 5.41) is 0. The van der Waals surface area contributed by atoms with Crippen LogP contribution in [0.2, 0.25) is 0 Å². The van der Waals surface area contributed by atoms with Gasteiger partial charge in [-0.3, -0.25) is 4.90 Å². The standard InChI is InChI=1S/C13H15BrF3NO2/c1-19-11-4-5-18(8-11)7-9-6-10(14)2-3-12(9)20-13(15,16)17/h2-3,6,11H,4-5,7-8H2,1H3/t11-/m1/s1. The normalized spacial score (nSPS) is 20.4. The monoisotopic (exact) mass is 353 g/mol. The summed E-state index contributed by atoms with van der Waals surface area (Å²) in [6, 6.07) is 4.52. The topological polar surface area (TPSA) is 21.7 Å². The molecule has 0 unspecified atom stereocenters. The van der Waals surface area contributed by atoms with Crippen LogP contribution in [0.5, 0.6) is 5.75 Å². The number of benzene rings is 1. The third-order valence-corrected chi connectivity index (χ3v) is 3.70. The third-order valence-electron chi connectivity index (χ3n) is 3.20. The minimum Gasteiger partial charge on any atom is -0.405 e. The molecule has 0 aliphatic carbocycles. The SMILES string of the molecule is CO[C@@H]1CCN(Cc2cc(Br)ccc2OC(F)(F)F)C1. The highest BCUT2D eigenvalue weighted by Crippen LogP contribution is 2.30. The quantitative estimate of drug-likeness (QED) is 0.825. The summed E-state index contributed by atoms with van der Waals surface area (Å²) in [5.74, 6) is -0.151. The Morgan fingerprint density at radius 1 is 1.40 bits per heavy atom. The van der Waals surface area contributed by atoms with Gasteiger partial charge in [0.05, 0.1) is 6.10 Å². The number of rotatable bonds is 4. The van der Waals surface area contributed by atoms with Crippen LogP contribution in [0, 0.1) is 0 Å². The minimum absolute atomic E-state index is 0.147. The Bertz CT molecular complexity index is 467. The molecule has 2 rings (SSSR count). The smallest absolute Gasteiger partial charge is 0.405 e. The highest BCUT2D eigenvalue weighted by atomic mass is 79.9. The summed E-state index contributed by atoms with van der Waals surface area (Å²) < 4.78 is 47.2. The Hall–Kier alpha value is -0.790. The zero-order valence-corrected chi connectivity index (χ0v) is 12.5. The molecule has 1 aromatic carbocycles. The third kappa shape index (κ3) is 4.36. The molecule has 0 N–H and O–H groups in total. The van der Waals surface area contributed by atoms with Crippen molar-refractivity contribution in [2.45, 2.75) is 25.4 Å². The molecule has 0 saturated carbocycles. The van der Waals surface area contributed by atoms with Gasteiger partial charge >= 0.3 is 6.36 Å². The molecule has 1 fully saturated rings. The lowest BCUT2D eigenvalue weighted by atomic mass is 10.2. The molecule has 0 spiro atoms. The number of halogens is 4. The molecular weight excluding hydrogens is 339 g/mol. The predicted octanol–water partition coefficient (Wildman–Crippen LogP) is 3.57. The van der Waals surface area contributed by atoms with Crippen molar-refractivity contribution in [3.05, 3.63) is 28.2 Å². The number of alkyl halides is 3. The van der Waals surface area contributed by atoms with Crippen molar-refractivity contribution in [1.29, 1.82) is 0 Å². The maximum Gasteiger partial charge on any atom is 0.573 e. The minimum atomic E-state index is -4.68. The van der Waals surface area contributed by atoms with Gasteiger partial charge in [0.2, 0.25) is 0 Å². The van der Waals surface area contributed by atoms with Crippen molar-refractivity contribution in [2.24, 2.45) is 0 Å². The average molecular weight is 354 g/mol. The molecule has 0 bridgehead atoms. The van der Waals surface area contributed by atoms with Gasteiger partial charge in [-0.2, -0.15) is 0 Å². The second-order valence-corrected chi connectivity index (χ2v) is 5.60. The number of likely N-dealkylation sites (tertiary alicyclic amines) is 1. The van der Waals surface area contributed by atoms with E-state index >= 15 is 0 Å². The largest absolute Gasteiger partial charge is 0.573 e. The van der Waals surface area contributed by atoms with E-state index < -0.39 is 6.36 Å². The molecule has 0 amide bonds. The van der Waals surface area contributed by atoms with Crippen LogP contribution in [0.15, 0.2) is 22.7 Å². The van der Waals surface area contributed by atoms with Crippen LogP contribution in [0.3, 0.4) is 0 Å². The van der Waals surface area contributed by atoms with Crippen LogP contribution >= 0.6 is 15.9 Å². The van der Waals surface area contributed by atoms with E-state index in [-0.39, 0.29) is 11.9 Å². The molecule has 7 heteroatoms. The molecule has 1 saturated heterocycles. The summed E-state index contributed by atoms with van der Waals surface area (Å²) in [7, 11) is 1.64. The Kier molecular flexibility index (Phi) is 4.93. The van der Waals surface area contributed by atoms with E-state index in [0.717, 1.165) is 17.4 Å². The van der Waals surface area contributed by atoms with Crippen LogP contribution in [0.4, 0.5) is 13.2 Å². The van der Waals surface area contributed by atoms with Gasteiger partial charge in [-0.25, -0.2) is 0 Å². The second kappa shape index (κ2) is 6.32. The summed E-state index contributed by atoms with van der Waals surface area (Å²) >= 11 is 3.27. The van der Waals surface area contributed by atoms with Gasteiger partial charge in [0.25, 0.3) is 0 Å². The molecule has 0 radical (unpaired) electrons. The van der Waals surface area contributed by atoms with Crippen LogP contribution in [0.1, 0.15) is 12.0 Å².